The number of fused-ring (bicyclic) bond motifs is 1. The molecule has 0 spiro atoms. The van der Waals surface area contributed by atoms with Gasteiger partial charge in [-0.2, -0.15) is 0 Å². The molecule has 5 rings (SSSR count). The number of aryl methyl sites for hydroxylation is 1. The standard InChI is InChI=1S/C26H30ClFN4O3S/c27-21-5-1-4-18(10-21)11-22-20(15-31-6-2-7-31)12-19-13-24(28)25(14-23(19)22)35-9-3-8-32-16-26(30-17-32)36(29,33)34/h1,4-5,10,13-14,16-17,20,22H,2-3,6-9,11-12,15H2,(H2,29,33,34). The van der Waals surface area contributed by atoms with E-state index in [1.807, 2.05) is 24.3 Å². The lowest BCUT2D eigenvalue weighted by molar-refractivity contribution is 0.145. The summed E-state index contributed by atoms with van der Waals surface area (Å²) in [5, 5.41) is 5.65. The van der Waals surface area contributed by atoms with Crippen LogP contribution in [0.15, 0.2) is 53.9 Å². The second-order valence-corrected chi connectivity index (χ2v) is 11.7. The molecule has 1 aromatic heterocycles. The van der Waals surface area contributed by atoms with Gasteiger partial charge in [0.25, 0.3) is 10.0 Å². The smallest absolute Gasteiger partial charge is 0.257 e. The fourth-order valence-electron chi connectivity index (χ4n) is 5.24. The van der Waals surface area contributed by atoms with Crippen LogP contribution in [0.4, 0.5) is 4.39 Å². The third-order valence-electron chi connectivity index (χ3n) is 7.15. The molecule has 1 saturated heterocycles. The van der Waals surface area contributed by atoms with E-state index >= 15 is 0 Å². The van der Waals surface area contributed by atoms with Gasteiger partial charge in [0.1, 0.15) is 0 Å². The Kier molecular flexibility index (Phi) is 7.35. The minimum absolute atomic E-state index is 0.174. The van der Waals surface area contributed by atoms with Crippen LogP contribution in [0, 0.1) is 11.7 Å². The molecule has 2 atom stereocenters. The number of halogens is 2. The fourth-order valence-corrected chi connectivity index (χ4v) is 5.93. The van der Waals surface area contributed by atoms with Crippen LogP contribution >= 0.6 is 11.6 Å². The number of nitrogens with zero attached hydrogens (tertiary/aromatic N) is 3. The molecule has 1 aliphatic carbocycles. The Morgan fingerprint density at radius 3 is 2.75 bits per heavy atom. The van der Waals surface area contributed by atoms with E-state index < -0.39 is 10.0 Å². The van der Waals surface area contributed by atoms with Crippen LogP contribution in [0.25, 0.3) is 0 Å². The van der Waals surface area contributed by atoms with Gasteiger partial charge in [0.15, 0.2) is 16.6 Å². The number of hydrogen-bond acceptors (Lipinski definition) is 5. The number of primary sulfonamides is 1. The summed E-state index contributed by atoms with van der Waals surface area (Å²) in [6, 6.07) is 11.5. The summed E-state index contributed by atoms with van der Waals surface area (Å²) in [6.45, 7) is 4.05. The molecule has 192 valence electrons. The van der Waals surface area contributed by atoms with Crippen molar-refractivity contribution in [2.24, 2.45) is 11.1 Å². The van der Waals surface area contributed by atoms with E-state index in [2.05, 4.69) is 16.0 Å². The van der Waals surface area contributed by atoms with Crippen LogP contribution in [0.3, 0.4) is 0 Å². The molecule has 10 heteroatoms. The van der Waals surface area contributed by atoms with Crippen LogP contribution in [0.5, 0.6) is 5.75 Å². The van der Waals surface area contributed by atoms with Crippen LogP contribution < -0.4 is 9.88 Å². The summed E-state index contributed by atoms with van der Waals surface area (Å²) in [5.41, 5.74) is 3.40. The summed E-state index contributed by atoms with van der Waals surface area (Å²) in [6.07, 6.45) is 6.30. The van der Waals surface area contributed by atoms with Crippen LogP contribution in [0.2, 0.25) is 5.02 Å². The Hall–Kier alpha value is -2.46. The predicted molar refractivity (Wildman–Crippen MR) is 136 cm³/mol. The normalized spacial score (nSPS) is 19.8. The van der Waals surface area contributed by atoms with E-state index in [0.29, 0.717) is 18.9 Å². The lowest BCUT2D eigenvalue weighted by Gasteiger charge is -2.35. The van der Waals surface area contributed by atoms with Gasteiger partial charge in [-0.3, -0.25) is 0 Å². The number of rotatable bonds is 10. The SMILES string of the molecule is NS(=O)(=O)c1cn(CCCOc2cc3c(cc2F)CC(CN2CCC2)C3Cc2cccc(Cl)c2)cn1. The number of ether oxygens (including phenoxy) is 1. The molecule has 36 heavy (non-hydrogen) atoms. The first-order valence-corrected chi connectivity index (χ1v) is 14.1. The van der Waals surface area contributed by atoms with E-state index in [4.69, 9.17) is 21.5 Å². The van der Waals surface area contributed by atoms with E-state index in [0.717, 1.165) is 48.6 Å². The Bertz CT molecular complexity index is 1340. The molecular formula is C26H30ClFN4O3S. The first-order chi connectivity index (χ1) is 17.3. The average molecular weight is 533 g/mol. The monoisotopic (exact) mass is 532 g/mol. The highest BCUT2D eigenvalue weighted by molar-refractivity contribution is 7.89. The molecule has 0 saturated carbocycles. The molecule has 2 N–H and O–H groups in total. The molecule has 0 radical (unpaired) electrons. The van der Waals surface area contributed by atoms with Gasteiger partial charge in [-0.25, -0.2) is 22.9 Å². The number of benzene rings is 2. The lowest BCUT2D eigenvalue weighted by Crippen LogP contribution is -2.41. The molecule has 0 amide bonds. The van der Waals surface area contributed by atoms with Crippen molar-refractivity contribution in [2.75, 3.05) is 26.2 Å². The summed E-state index contributed by atoms with van der Waals surface area (Å²) in [4.78, 5) is 6.28. The van der Waals surface area contributed by atoms with Crippen molar-refractivity contribution in [3.8, 4) is 5.75 Å². The molecule has 3 aromatic rings. The van der Waals surface area contributed by atoms with Gasteiger partial charge in [-0.15, -0.1) is 0 Å². The number of hydrogen-bond donors (Lipinski definition) is 1. The summed E-state index contributed by atoms with van der Waals surface area (Å²) >= 11 is 6.25. The first kappa shape index (κ1) is 25.2. The number of nitrogens with two attached hydrogens (primary N) is 1. The third-order valence-corrected chi connectivity index (χ3v) is 8.18. The highest BCUT2D eigenvalue weighted by atomic mass is 35.5. The zero-order valence-electron chi connectivity index (χ0n) is 19.9. The molecule has 2 unspecified atom stereocenters. The van der Waals surface area contributed by atoms with Crippen molar-refractivity contribution in [3.05, 3.63) is 76.5 Å². The van der Waals surface area contributed by atoms with Gasteiger partial charge in [0.05, 0.1) is 12.9 Å². The van der Waals surface area contributed by atoms with Gasteiger partial charge in [0, 0.05) is 24.3 Å². The average Bonchev–Trinajstić information content (AvgIpc) is 3.39. The first-order valence-electron chi connectivity index (χ1n) is 12.2. The maximum atomic E-state index is 15.0. The van der Waals surface area contributed by atoms with E-state index in [-0.39, 0.29) is 29.1 Å². The maximum absolute atomic E-state index is 15.0. The quantitative estimate of drug-likeness (QED) is 0.399. The topological polar surface area (TPSA) is 90.5 Å². The molecule has 2 aliphatic rings. The predicted octanol–water partition coefficient (Wildman–Crippen LogP) is 4.00. The molecule has 1 aliphatic heterocycles. The van der Waals surface area contributed by atoms with Crippen molar-refractivity contribution in [3.63, 3.8) is 0 Å². The maximum Gasteiger partial charge on any atom is 0.257 e. The van der Waals surface area contributed by atoms with Crippen molar-refractivity contribution in [1.29, 1.82) is 0 Å². The molecule has 1 fully saturated rings. The lowest BCUT2D eigenvalue weighted by atomic mass is 9.86. The molecule has 0 bridgehead atoms. The molecule has 7 nitrogen and oxygen atoms in total. The highest BCUT2D eigenvalue weighted by Gasteiger charge is 2.35. The second kappa shape index (κ2) is 10.5. The largest absolute Gasteiger partial charge is 0.490 e. The molecular weight excluding hydrogens is 503 g/mol. The van der Waals surface area contributed by atoms with Crippen LogP contribution in [0.1, 0.15) is 35.4 Å². The van der Waals surface area contributed by atoms with Gasteiger partial charge in [-0.1, -0.05) is 23.7 Å². The van der Waals surface area contributed by atoms with Gasteiger partial charge >= 0.3 is 0 Å². The zero-order chi connectivity index (χ0) is 25.3. The molecule has 2 aromatic carbocycles. The third kappa shape index (κ3) is 5.75. The highest BCUT2D eigenvalue weighted by Crippen LogP contribution is 2.43. The fraction of sp³-hybridized carbons (Fsp3) is 0.423. The summed E-state index contributed by atoms with van der Waals surface area (Å²) < 4.78 is 45.2. The Labute approximate surface area is 216 Å². The van der Waals surface area contributed by atoms with Crippen molar-refractivity contribution >= 4 is 21.6 Å². The minimum atomic E-state index is -3.83. The number of likely N-dealkylation sites (tertiary alicyclic amines) is 1. The Morgan fingerprint density at radius 1 is 1.22 bits per heavy atom. The minimum Gasteiger partial charge on any atom is -0.490 e. The van der Waals surface area contributed by atoms with E-state index in [1.54, 1.807) is 10.6 Å². The number of sulfonamides is 1. The van der Waals surface area contributed by atoms with Crippen LogP contribution in [-0.4, -0.2) is 49.1 Å². The van der Waals surface area contributed by atoms with Crippen molar-refractivity contribution in [1.82, 2.24) is 14.5 Å². The van der Waals surface area contributed by atoms with Crippen LogP contribution in [-0.2, 0) is 29.4 Å². The Balaban J connectivity index is 1.28. The van der Waals surface area contributed by atoms with E-state index in [9.17, 15) is 12.8 Å². The molecule has 2 heterocycles. The van der Waals surface area contributed by atoms with Gasteiger partial charge in [-0.05, 0) is 91.6 Å². The van der Waals surface area contributed by atoms with Gasteiger partial charge in [0.2, 0.25) is 0 Å². The Morgan fingerprint density at radius 2 is 2.06 bits per heavy atom. The summed E-state index contributed by atoms with van der Waals surface area (Å²) in [7, 11) is -3.83. The van der Waals surface area contributed by atoms with E-state index in [1.165, 1.54) is 24.5 Å². The van der Waals surface area contributed by atoms with Gasteiger partial charge < -0.3 is 14.2 Å². The number of imidazole rings is 1. The van der Waals surface area contributed by atoms with Crippen molar-refractivity contribution in [2.45, 2.75) is 43.2 Å². The van der Waals surface area contributed by atoms with Crippen molar-refractivity contribution < 1.29 is 17.5 Å². The second-order valence-electron chi connectivity index (χ2n) is 9.74. The zero-order valence-corrected chi connectivity index (χ0v) is 21.5. The number of aromatic nitrogens is 2. The summed E-state index contributed by atoms with van der Waals surface area (Å²) in [5.74, 6) is 0.595.